The molecule has 0 aliphatic carbocycles. The van der Waals surface area contributed by atoms with Crippen LogP contribution in [0.3, 0.4) is 0 Å². The number of carbonyl (C=O) groups excluding carboxylic acids is 1. The third kappa shape index (κ3) is 2.24. The molecule has 0 bridgehead atoms. The van der Waals surface area contributed by atoms with Gasteiger partial charge in [-0.3, -0.25) is 4.79 Å². The average molecular weight is 196 g/mol. The first-order valence-corrected chi connectivity index (χ1v) is 4.95. The van der Waals surface area contributed by atoms with Gasteiger partial charge in [-0.15, -0.1) is 0 Å². The zero-order valence-electron chi connectivity index (χ0n) is 8.44. The highest BCUT2D eigenvalue weighted by Gasteiger charge is 2.35. The standard InChI is InChI=1S/C10H16N2O2/c1-12-9(7-13)6-8(10(12)14)4-2-3-5-11/h8-9,13H,2-4,6-7H2,1H3/t8-,9+/m1/s1. The van der Waals surface area contributed by atoms with E-state index in [1.165, 1.54) is 0 Å². The third-order valence-electron chi connectivity index (χ3n) is 2.85. The van der Waals surface area contributed by atoms with Crippen molar-refractivity contribution in [3.8, 4) is 6.07 Å². The van der Waals surface area contributed by atoms with E-state index in [0.29, 0.717) is 6.42 Å². The van der Waals surface area contributed by atoms with Crippen molar-refractivity contribution in [2.45, 2.75) is 31.7 Å². The minimum absolute atomic E-state index is 0.0189. The number of hydrogen-bond acceptors (Lipinski definition) is 3. The van der Waals surface area contributed by atoms with Crippen molar-refractivity contribution in [2.75, 3.05) is 13.7 Å². The summed E-state index contributed by atoms with van der Waals surface area (Å²) in [6, 6.07) is 2.05. The van der Waals surface area contributed by atoms with E-state index in [4.69, 9.17) is 10.4 Å². The molecule has 0 spiro atoms. The van der Waals surface area contributed by atoms with E-state index in [9.17, 15) is 4.79 Å². The molecule has 1 saturated heterocycles. The SMILES string of the molecule is CN1C(=O)[C@H](CCCC#N)C[C@H]1CO. The van der Waals surface area contributed by atoms with Crippen LogP contribution in [0.25, 0.3) is 0 Å². The molecule has 0 aromatic carbocycles. The Morgan fingerprint density at radius 3 is 2.93 bits per heavy atom. The average Bonchev–Trinajstić information content (AvgIpc) is 2.46. The lowest BCUT2D eigenvalue weighted by atomic mass is 9.99. The van der Waals surface area contributed by atoms with E-state index in [1.807, 2.05) is 0 Å². The van der Waals surface area contributed by atoms with Crippen LogP contribution in [0, 0.1) is 17.2 Å². The number of hydrogen-bond donors (Lipinski definition) is 1. The van der Waals surface area contributed by atoms with E-state index in [0.717, 1.165) is 19.3 Å². The van der Waals surface area contributed by atoms with Crippen LogP contribution in [0.1, 0.15) is 25.7 Å². The van der Waals surface area contributed by atoms with Gasteiger partial charge in [-0.05, 0) is 19.3 Å². The van der Waals surface area contributed by atoms with Crippen molar-refractivity contribution >= 4 is 5.91 Å². The summed E-state index contributed by atoms with van der Waals surface area (Å²) in [6.07, 6.45) is 2.79. The highest BCUT2D eigenvalue weighted by atomic mass is 16.3. The van der Waals surface area contributed by atoms with Crippen molar-refractivity contribution in [1.82, 2.24) is 4.90 Å². The number of aliphatic hydroxyl groups is 1. The van der Waals surface area contributed by atoms with E-state index in [1.54, 1.807) is 11.9 Å². The Labute approximate surface area is 84.1 Å². The Kier molecular flexibility index (Phi) is 3.90. The van der Waals surface area contributed by atoms with Crippen LogP contribution in [0.5, 0.6) is 0 Å². The van der Waals surface area contributed by atoms with Crippen LogP contribution in [0.15, 0.2) is 0 Å². The third-order valence-corrected chi connectivity index (χ3v) is 2.85. The van der Waals surface area contributed by atoms with Crippen LogP contribution in [0.2, 0.25) is 0 Å². The van der Waals surface area contributed by atoms with E-state index in [-0.39, 0.29) is 24.5 Å². The van der Waals surface area contributed by atoms with Gasteiger partial charge in [-0.2, -0.15) is 5.26 Å². The molecule has 1 N–H and O–H groups in total. The van der Waals surface area contributed by atoms with Crippen LogP contribution < -0.4 is 0 Å². The van der Waals surface area contributed by atoms with Gasteiger partial charge >= 0.3 is 0 Å². The summed E-state index contributed by atoms with van der Waals surface area (Å²) in [4.78, 5) is 13.2. The smallest absolute Gasteiger partial charge is 0.225 e. The zero-order chi connectivity index (χ0) is 10.6. The summed E-state index contributed by atoms with van der Waals surface area (Å²) in [6.45, 7) is 0.0387. The van der Waals surface area contributed by atoms with Gasteiger partial charge in [0, 0.05) is 19.4 Å². The Bertz CT molecular complexity index is 247. The topological polar surface area (TPSA) is 64.3 Å². The van der Waals surface area contributed by atoms with Crippen molar-refractivity contribution in [3.63, 3.8) is 0 Å². The molecule has 1 aliphatic rings. The zero-order valence-corrected chi connectivity index (χ0v) is 8.44. The number of nitrogens with zero attached hydrogens (tertiary/aromatic N) is 2. The lowest BCUT2D eigenvalue weighted by Crippen LogP contribution is -2.31. The minimum Gasteiger partial charge on any atom is -0.394 e. The van der Waals surface area contributed by atoms with Gasteiger partial charge in [-0.1, -0.05) is 0 Å². The number of nitriles is 1. The molecule has 0 unspecified atom stereocenters. The van der Waals surface area contributed by atoms with E-state index in [2.05, 4.69) is 6.07 Å². The predicted octanol–water partition coefficient (Wildman–Crippen LogP) is 0.519. The molecule has 1 heterocycles. The molecular formula is C10H16N2O2. The maximum Gasteiger partial charge on any atom is 0.225 e. The Hall–Kier alpha value is -1.08. The molecule has 0 saturated carbocycles. The van der Waals surface area contributed by atoms with Gasteiger partial charge < -0.3 is 10.0 Å². The van der Waals surface area contributed by atoms with Crippen molar-refractivity contribution in [1.29, 1.82) is 5.26 Å². The quantitative estimate of drug-likeness (QED) is 0.667. The van der Waals surface area contributed by atoms with Gasteiger partial charge in [0.2, 0.25) is 5.91 Å². The predicted molar refractivity (Wildman–Crippen MR) is 51.2 cm³/mol. The molecule has 1 rings (SSSR count). The van der Waals surface area contributed by atoms with Gasteiger partial charge in [0.1, 0.15) is 0 Å². The molecule has 0 radical (unpaired) electrons. The highest BCUT2D eigenvalue weighted by Crippen LogP contribution is 2.26. The maximum atomic E-state index is 11.6. The molecule has 14 heavy (non-hydrogen) atoms. The first kappa shape index (κ1) is 11.0. The summed E-state index contributed by atoms with van der Waals surface area (Å²) in [5.41, 5.74) is 0. The van der Waals surface area contributed by atoms with E-state index < -0.39 is 0 Å². The lowest BCUT2D eigenvalue weighted by Gasteiger charge is -2.16. The van der Waals surface area contributed by atoms with Crippen molar-refractivity contribution < 1.29 is 9.90 Å². The van der Waals surface area contributed by atoms with Gasteiger partial charge in [-0.25, -0.2) is 0 Å². The summed E-state index contributed by atoms with van der Waals surface area (Å²) < 4.78 is 0. The Morgan fingerprint density at radius 2 is 2.43 bits per heavy atom. The fourth-order valence-electron chi connectivity index (χ4n) is 1.92. The van der Waals surface area contributed by atoms with Crippen molar-refractivity contribution in [2.24, 2.45) is 5.92 Å². The molecule has 4 nitrogen and oxygen atoms in total. The molecule has 1 fully saturated rings. The van der Waals surface area contributed by atoms with Gasteiger partial charge in [0.05, 0.1) is 18.7 Å². The first-order chi connectivity index (χ1) is 6.70. The number of likely N-dealkylation sites (tertiary alicyclic amines) is 1. The number of unbranched alkanes of at least 4 members (excludes halogenated alkanes) is 1. The summed E-state index contributed by atoms with van der Waals surface area (Å²) in [7, 11) is 1.73. The van der Waals surface area contributed by atoms with Crippen LogP contribution in [-0.4, -0.2) is 35.6 Å². The Balaban J connectivity index is 2.41. The van der Waals surface area contributed by atoms with Crippen LogP contribution in [0.4, 0.5) is 0 Å². The molecule has 1 aliphatic heterocycles. The minimum atomic E-state index is -0.0189. The fraction of sp³-hybridized carbons (Fsp3) is 0.800. The molecular weight excluding hydrogens is 180 g/mol. The maximum absolute atomic E-state index is 11.6. The molecule has 0 aromatic heterocycles. The fourth-order valence-corrected chi connectivity index (χ4v) is 1.92. The van der Waals surface area contributed by atoms with Crippen LogP contribution in [-0.2, 0) is 4.79 Å². The largest absolute Gasteiger partial charge is 0.394 e. The number of carbonyl (C=O) groups is 1. The van der Waals surface area contributed by atoms with Gasteiger partial charge in [0.15, 0.2) is 0 Å². The lowest BCUT2D eigenvalue weighted by molar-refractivity contribution is -0.131. The summed E-state index contributed by atoms with van der Waals surface area (Å²) in [5.74, 6) is 0.132. The summed E-state index contributed by atoms with van der Waals surface area (Å²) >= 11 is 0. The second kappa shape index (κ2) is 4.97. The second-order valence-electron chi connectivity index (χ2n) is 3.77. The number of rotatable bonds is 4. The second-order valence-corrected chi connectivity index (χ2v) is 3.77. The molecule has 1 amide bonds. The number of amides is 1. The van der Waals surface area contributed by atoms with Crippen molar-refractivity contribution in [3.05, 3.63) is 0 Å². The van der Waals surface area contributed by atoms with E-state index >= 15 is 0 Å². The van der Waals surface area contributed by atoms with Crippen LogP contribution >= 0.6 is 0 Å². The number of aliphatic hydroxyl groups excluding tert-OH is 1. The molecule has 78 valence electrons. The van der Waals surface area contributed by atoms with Gasteiger partial charge in [0.25, 0.3) is 0 Å². The normalized spacial score (nSPS) is 26.6. The Morgan fingerprint density at radius 1 is 1.71 bits per heavy atom. The number of likely N-dealkylation sites (N-methyl/N-ethyl adjacent to an activating group) is 1. The molecule has 4 heteroatoms. The molecule has 2 atom stereocenters. The molecule has 0 aromatic rings. The monoisotopic (exact) mass is 196 g/mol. The first-order valence-electron chi connectivity index (χ1n) is 4.95. The summed E-state index contributed by atoms with van der Waals surface area (Å²) in [5, 5.41) is 17.4. The highest BCUT2D eigenvalue weighted by molar-refractivity contribution is 5.81.